The van der Waals surface area contributed by atoms with Crippen LogP contribution in [0.2, 0.25) is 0 Å². The SMILES string of the molecule is Cc1sc(CNC(=O)CC(C)N)nc1C(C)C. The molecular formula is C12H21N3OS. The Bertz CT molecular complexity index is 385. The summed E-state index contributed by atoms with van der Waals surface area (Å²) in [6.45, 7) is 8.65. The number of carbonyl (C=O) groups excluding carboxylic acids is 1. The molecule has 0 aliphatic rings. The standard InChI is InChI=1S/C12H21N3OS/c1-7(2)12-9(4)17-11(15-12)6-14-10(16)5-8(3)13/h7-8H,5-6,13H2,1-4H3,(H,14,16). The van der Waals surface area contributed by atoms with Gasteiger partial charge in [0.2, 0.25) is 5.91 Å². The number of nitrogens with two attached hydrogens (primary N) is 1. The van der Waals surface area contributed by atoms with Gasteiger partial charge in [0, 0.05) is 17.3 Å². The highest BCUT2D eigenvalue weighted by Gasteiger charge is 2.11. The average Bonchev–Trinajstić information content (AvgIpc) is 2.56. The van der Waals surface area contributed by atoms with Gasteiger partial charge in [-0.05, 0) is 19.8 Å². The van der Waals surface area contributed by atoms with Crippen LogP contribution in [0.3, 0.4) is 0 Å². The summed E-state index contributed by atoms with van der Waals surface area (Å²) in [7, 11) is 0. The molecule has 0 saturated heterocycles. The van der Waals surface area contributed by atoms with E-state index in [9.17, 15) is 4.79 Å². The van der Waals surface area contributed by atoms with Gasteiger partial charge < -0.3 is 11.1 Å². The van der Waals surface area contributed by atoms with Crippen molar-refractivity contribution in [1.82, 2.24) is 10.3 Å². The van der Waals surface area contributed by atoms with E-state index in [0.29, 0.717) is 18.9 Å². The number of amides is 1. The second-order valence-electron chi connectivity index (χ2n) is 4.66. The molecule has 0 aromatic carbocycles. The maximum absolute atomic E-state index is 11.4. The van der Waals surface area contributed by atoms with Crippen LogP contribution in [-0.4, -0.2) is 16.9 Å². The second kappa shape index (κ2) is 6.12. The second-order valence-corrected chi connectivity index (χ2v) is 5.95. The van der Waals surface area contributed by atoms with E-state index in [1.54, 1.807) is 11.3 Å². The lowest BCUT2D eigenvalue weighted by molar-refractivity contribution is -0.121. The van der Waals surface area contributed by atoms with Crippen molar-refractivity contribution in [2.24, 2.45) is 5.73 Å². The fraction of sp³-hybridized carbons (Fsp3) is 0.667. The lowest BCUT2D eigenvalue weighted by Gasteiger charge is -2.05. The van der Waals surface area contributed by atoms with Gasteiger partial charge in [-0.3, -0.25) is 4.79 Å². The molecule has 0 aliphatic heterocycles. The normalized spacial score (nSPS) is 12.8. The summed E-state index contributed by atoms with van der Waals surface area (Å²) in [5.74, 6) is 0.415. The molecule has 0 aliphatic carbocycles. The first-order valence-electron chi connectivity index (χ1n) is 5.88. The minimum Gasteiger partial charge on any atom is -0.350 e. The first-order chi connectivity index (χ1) is 7.90. The van der Waals surface area contributed by atoms with E-state index in [2.05, 4.69) is 31.1 Å². The topological polar surface area (TPSA) is 68.0 Å². The number of nitrogens with one attached hydrogen (secondary N) is 1. The lowest BCUT2D eigenvalue weighted by atomic mass is 10.1. The van der Waals surface area contributed by atoms with Crippen LogP contribution in [0, 0.1) is 6.92 Å². The molecule has 1 heterocycles. The number of hydrogen-bond acceptors (Lipinski definition) is 4. The van der Waals surface area contributed by atoms with Crippen molar-refractivity contribution < 1.29 is 4.79 Å². The van der Waals surface area contributed by atoms with E-state index in [4.69, 9.17) is 5.73 Å². The molecule has 0 bridgehead atoms. The van der Waals surface area contributed by atoms with Crippen LogP contribution in [0.1, 0.15) is 48.7 Å². The van der Waals surface area contributed by atoms with Crippen molar-refractivity contribution in [3.63, 3.8) is 0 Å². The van der Waals surface area contributed by atoms with Gasteiger partial charge in [-0.15, -0.1) is 11.3 Å². The van der Waals surface area contributed by atoms with Crippen molar-refractivity contribution in [1.29, 1.82) is 0 Å². The fourth-order valence-electron chi connectivity index (χ4n) is 1.61. The van der Waals surface area contributed by atoms with E-state index in [1.165, 1.54) is 4.88 Å². The Labute approximate surface area is 107 Å². The number of nitrogens with zero attached hydrogens (tertiary/aromatic N) is 1. The third kappa shape index (κ3) is 4.44. The average molecular weight is 255 g/mol. The molecule has 1 rings (SSSR count). The molecule has 1 unspecified atom stereocenters. The molecule has 5 heteroatoms. The molecule has 4 nitrogen and oxygen atoms in total. The maximum atomic E-state index is 11.4. The third-order valence-electron chi connectivity index (χ3n) is 2.37. The number of hydrogen-bond donors (Lipinski definition) is 2. The van der Waals surface area contributed by atoms with Gasteiger partial charge in [-0.1, -0.05) is 13.8 Å². The minimum atomic E-state index is -0.0979. The van der Waals surface area contributed by atoms with Crippen LogP contribution in [0.15, 0.2) is 0 Å². The maximum Gasteiger partial charge on any atom is 0.221 e. The number of carbonyl (C=O) groups is 1. The summed E-state index contributed by atoms with van der Waals surface area (Å²) in [5, 5.41) is 3.80. The van der Waals surface area contributed by atoms with E-state index in [0.717, 1.165) is 10.7 Å². The highest BCUT2D eigenvalue weighted by molar-refractivity contribution is 7.11. The summed E-state index contributed by atoms with van der Waals surface area (Å²) < 4.78 is 0. The van der Waals surface area contributed by atoms with E-state index >= 15 is 0 Å². The van der Waals surface area contributed by atoms with Gasteiger partial charge in [0.05, 0.1) is 12.2 Å². The Morgan fingerprint density at radius 1 is 1.47 bits per heavy atom. The van der Waals surface area contributed by atoms with Gasteiger partial charge in [-0.25, -0.2) is 4.98 Å². The number of thiazole rings is 1. The van der Waals surface area contributed by atoms with E-state index in [1.807, 2.05) is 6.92 Å². The summed E-state index contributed by atoms with van der Waals surface area (Å²) in [4.78, 5) is 17.2. The zero-order chi connectivity index (χ0) is 13.0. The molecule has 1 atom stereocenters. The van der Waals surface area contributed by atoms with Crippen LogP contribution in [0.5, 0.6) is 0 Å². The Kier molecular flexibility index (Phi) is 5.08. The minimum absolute atomic E-state index is 0.0149. The highest BCUT2D eigenvalue weighted by atomic mass is 32.1. The van der Waals surface area contributed by atoms with E-state index < -0.39 is 0 Å². The largest absolute Gasteiger partial charge is 0.350 e. The van der Waals surface area contributed by atoms with Gasteiger partial charge >= 0.3 is 0 Å². The van der Waals surface area contributed by atoms with Crippen LogP contribution in [-0.2, 0) is 11.3 Å². The monoisotopic (exact) mass is 255 g/mol. The van der Waals surface area contributed by atoms with Crippen molar-refractivity contribution >= 4 is 17.2 Å². The summed E-state index contributed by atoms with van der Waals surface area (Å²) in [6, 6.07) is -0.0979. The number of rotatable bonds is 5. The zero-order valence-corrected chi connectivity index (χ0v) is 11.7. The molecular weight excluding hydrogens is 234 g/mol. The fourth-order valence-corrected chi connectivity index (χ4v) is 2.64. The third-order valence-corrected chi connectivity index (χ3v) is 3.35. The van der Waals surface area contributed by atoms with Crippen molar-refractivity contribution in [2.45, 2.75) is 52.6 Å². The predicted octanol–water partition coefficient (Wildman–Crippen LogP) is 1.93. The quantitative estimate of drug-likeness (QED) is 0.844. The van der Waals surface area contributed by atoms with Crippen molar-refractivity contribution in [3.05, 3.63) is 15.6 Å². The number of aryl methyl sites for hydroxylation is 1. The van der Waals surface area contributed by atoms with Crippen LogP contribution in [0.4, 0.5) is 0 Å². The molecule has 1 amide bonds. The van der Waals surface area contributed by atoms with E-state index in [-0.39, 0.29) is 11.9 Å². The highest BCUT2D eigenvalue weighted by Crippen LogP contribution is 2.23. The molecule has 0 radical (unpaired) electrons. The molecule has 1 aromatic rings. The summed E-state index contributed by atoms with van der Waals surface area (Å²) in [5.41, 5.74) is 6.69. The van der Waals surface area contributed by atoms with Crippen LogP contribution in [0.25, 0.3) is 0 Å². The molecule has 0 fully saturated rings. The molecule has 3 N–H and O–H groups in total. The molecule has 0 saturated carbocycles. The molecule has 0 spiro atoms. The Morgan fingerprint density at radius 3 is 2.59 bits per heavy atom. The van der Waals surface area contributed by atoms with Gasteiger partial charge in [0.15, 0.2) is 0 Å². The molecule has 1 aromatic heterocycles. The lowest BCUT2D eigenvalue weighted by Crippen LogP contribution is -2.29. The first-order valence-corrected chi connectivity index (χ1v) is 6.70. The van der Waals surface area contributed by atoms with Gasteiger partial charge in [0.1, 0.15) is 5.01 Å². The smallest absolute Gasteiger partial charge is 0.221 e. The van der Waals surface area contributed by atoms with Gasteiger partial charge in [0.25, 0.3) is 0 Å². The van der Waals surface area contributed by atoms with Crippen LogP contribution < -0.4 is 11.1 Å². The number of aromatic nitrogens is 1. The summed E-state index contributed by atoms with van der Waals surface area (Å²) in [6.07, 6.45) is 0.362. The Balaban J connectivity index is 2.52. The Morgan fingerprint density at radius 2 is 2.12 bits per heavy atom. The summed E-state index contributed by atoms with van der Waals surface area (Å²) >= 11 is 1.65. The molecule has 17 heavy (non-hydrogen) atoms. The van der Waals surface area contributed by atoms with Crippen molar-refractivity contribution in [2.75, 3.05) is 0 Å². The zero-order valence-electron chi connectivity index (χ0n) is 10.9. The van der Waals surface area contributed by atoms with Crippen LogP contribution >= 0.6 is 11.3 Å². The van der Waals surface area contributed by atoms with Crippen molar-refractivity contribution in [3.8, 4) is 0 Å². The predicted molar refractivity (Wildman–Crippen MR) is 71.1 cm³/mol. The Hall–Kier alpha value is -0.940. The molecule has 96 valence electrons. The first kappa shape index (κ1) is 14.1. The van der Waals surface area contributed by atoms with Gasteiger partial charge in [-0.2, -0.15) is 0 Å².